The summed E-state index contributed by atoms with van der Waals surface area (Å²) in [6.07, 6.45) is 0.855. The van der Waals surface area contributed by atoms with Crippen molar-refractivity contribution < 1.29 is 14.3 Å². The number of carbonyl (C=O) groups excluding carboxylic acids is 1. The van der Waals surface area contributed by atoms with E-state index in [1.54, 1.807) is 12.1 Å². The van der Waals surface area contributed by atoms with Crippen molar-refractivity contribution in [1.29, 1.82) is 0 Å². The van der Waals surface area contributed by atoms with Crippen LogP contribution in [0.1, 0.15) is 28.8 Å². The lowest BCUT2D eigenvalue weighted by Gasteiger charge is -2.10. The lowest BCUT2D eigenvalue weighted by Crippen LogP contribution is -2.29. The first-order valence-electron chi connectivity index (χ1n) is 8.15. The van der Waals surface area contributed by atoms with Crippen molar-refractivity contribution in [2.75, 3.05) is 6.54 Å². The van der Waals surface area contributed by atoms with Crippen LogP contribution in [0.25, 0.3) is 5.69 Å². The Bertz CT molecular complexity index is 838. The molecule has 0 radical (unpaired) electrons. The first-order valence-corrected chi connectivity index (χ1v) is 8.15. The van der Waals surface area contributed by atoms with Crippen molar-refractivity contribution in [3.05, 3.63) is 71.4 Å². The molecule has 25 heavy (non-hydrogen) atoms. The van der Waals surface area contributed by atoms with Crippen LogP contribution in [0.5, 0.6) is 0 Å². The van der Waals surface area contributed by atoms with Crippen molar-refractivity contribution in [3.63, 3.8) is 0 Å². The van der Waals surface area contributed by atoms with Gasteiger partial charge in [-0.15, -0.1) is 0 Å². The van der Waals surface area contributed by atoms with Gasteiger partial charge in [-0.05, 0) is 38.1 Å². The van der Waals surface area contributed by atoms with Gasteiger partial charge in [-0.2, -0.15) is 5.10 Å². The number of nitrogens with one attached hydrogen (secondary N) is 1. The molecule has 0 fully saturated rings. The van der Waals surface area contributed by atoms with Crippen LogP contribution in [0.3, 0.4) is 0 Å². The molecule has 0 saturated heterocycles. The Morgan fingerprint density at radius 2 is 2.00 bits per heavy atom. The molecule has 3 rings (SSSR count). The molecule has 0 saturated carbocycles. The van der Waals surface area contributed by atoms with Crippen LogP contribution in [0.2, 0.25) is 0 Å². The molecule has 0 unspecified atom stereocenters. The zero-order valence-corrected chi connectivity index (χ0v) is 14.3. The Morgan fingerprint density at radius 3 is 2.68 bits per heavy atom. The van der Waals surface area contributed by atoms with Crippen LogP contribution >= 0.6 is 0 Å². The second-order valence-electron chi connectivity index (χ2n) is 5.91. The maximum absolute atomic E-state index is 12.2. The van der Waals surface area contributed by atoms with Crippen LogP contribution in [0, 0.1) is 13.8 Å². The molecule has 1 amide bonds. The number of rotatable bonds is 6. The van der Waals surface area contributed by atoms with Crippen LogP contribution in [-0.4, -0.2) is 27.3 Å². The van der Waals surface area contributed by atoms with Gasteiger partial charge in [0.05, 0.1) is 30.6 Å². The lowest BCUT2D eigenvalue weighted by atomic mass is 10.1. The predicted octanol–water partition coefficient (Wildman–Crippen LogP) is 2.47. The van der Waals surface area contributed by atoms with Crippen molar-refractivity contribution in [3.8, 4) is 5.69 Å². The second-order valence-corrected chi connectivity index (χ2v) is 5.91. The number of aromatic nitrogens is 2. The van der Waals surface area contributed by atoms with E-state index in [0.717, 1.165) is 22.6 Å². The number of aliphatic hydroxyl groups excluding tert-OH is 1. The zero-order chi connectivity index (χ0) is 17.8. The maximum Gasteiger partial charge on any atom is 0.224 e. The fourth-order valence-corrected chi connectivity index (χ4v) is 2.77. The van der Waals surface area contributed by atoms with Gasteiger partial charge in [0.2, 0.25) is 5.91 Å². The molecule has 3 aromatic rings. The van der Waals surface area contributed by atoms with Crippen molar-refractivity contribution in [2.45, 2.75) is 26.4 Å². The van der Waals surface area contributed by atoms with Gasteiger partial charge in [-0.25, -0.2) is 4.68 Å². The number of benzene rings is 1. The number of nitrogens with zero attached hydrogens (tertiary/aromatic N) is 2. The molecule has 2 aromatic heterocycles. The molecule has 0 bridgehead atoms. The number of furan rings is 1. The van der Waals surface area contributed by atoms with E-state index in [-0.39, 0.29) is 18.9 Å². The minimum absolute atomic E-state index is 0.108. The summed E-state index contributed by atoms with van der Waals surface area (Å²) >= 11 is 0. The highest BCUT2D eigenvalue weighted by atomic mass is 16.4. The standard InChI is InChI=1S/C19H21N3O3/c1-13-16(14(2)22(21-13)15-7-4-3-5-8-15)11-19(24)20-12-17(23)18-9-6-10-25-18/h3-10,17,23H,11-12H2,1-2H3,(H,20,24)/t17-/m0/s1. The van der Waals surface area contributed by atoms with E-state index >= 15 is 0 Å². The topological polar surface area (TPSA) is 80.3 Å². The highest BCUT2D eigenvalue weighted by Gasteiger charge is 2.17. The zero-order valence-electron chi connectivity index (χ0n) is 14.3. The van der Waals surface area contributed by atoms with Gasteiger partial charge in [0.15, 0.2) is 0 Å². The molecular weight excluding hydrogens is 318 g/mol. The third-order valence-electron chi connectivity index (χ3n) is 4.14. The Morgan fingerprint density at radius 1 is 1.24 bits per heavy atom. The molecule has 0 aliphatic heterocycles. The van der Waals surface area contributed by atoms with E-state index in [0.29, 0.717) is 5.76 Å². The monoisotopic (exact) mass is 339 g/mol. The van der Waals surface area contributed by atoms with Gasteiger partial charge >= 0.3 is 0 Å². The van der Waals surface area contributed by atoms with Crippen LogP contribution in [-0.2, 0) is 11.2 Å². The summed E-state index contributed by atoms with van der Waals surface area (Å²) in [6.45, 7) is 3.96. The van der Waals surface area contributed by atoms with E-state index in [2.05, 4.69) is 10.4 Å². The third kappa shape index (κ3) is 3.80. The summed E-state index contributed by atoms with van der Waals surface area (Å²) in [5.41, 5.74) is 3.62. The number of aryl methyl sites for hydroxylation is 1. The van der Waals surface area contributed by atoms with Crippen LogP contribution in [0.15, 0.2) is 53.1 Å². The third-order valence-corrected chi connectivity index (χ3v) is 4.14. The summed E-state index contributed by atoms with van der Waals surface area (Å²) in [7, 11) is 0. The summed E-state index contributed by atoms with van der Waals surface area (Å²) in [6, 6.07) is 13.2. The average molecular weight is 339 g/mol. The fourth-order valence-electron chi connectivity index (χ4n) is 2.77. The van der Waals surface area contributed by atoms with Gasteiger partial charge in [0.1, 0.15) is 11.9 Å². The van der Waals surface area contributed by atoms with Gasteiger partial charge in [-0.1, -0.05) is 18.2 Å². The van der Waals surface area contributed by atoms with E-state index < -0.39 is 6.10 Å². The van der Waals surface area contributed by atoms with Crippen molar-refractivity contribution in [2.24, 2.45) is 0 Å². The smallest absolute Gasteiger partial charge is 0.224 e. The average Bonchev–Trinajstić information content (AvgIpc) is 3.25. The molecule has 6 nitrogen and oxygen atoms in total. The molecule has 2 heterocycles. The number of hydrogen-bond donors (Lipinski definition) is 2. The molecule has 1 atom stereocenters. The SMILES string of the molecule is Cc1nn(-c2ccccc2)c(C)c1CC(=O)NC[C@H](O)c1ccco1. The van der Waals surface area contributed by atoms with Gasteiger partial charge in [0.25, 0.3) is 0 Å². The minimum Gasteiger partial charge on any atom is -0.467 e. The van der Waals surface area contributed by atoms with Crippen LogP contribution < -0.4 is 5.32 Å². The Balaban J connectivity index is 1.66. The first kappa shape index (κ1) is 17.0. The van der Waals surface area contributed by atoms with E-state index in [9.17, 15) is 9.90 Å². The fraction of sp³-hybridized carbons (Fsp3) is 0.263. The molecular formula is C19H21N3O3. The highest BCUT2D eigenvalue weighted by Crippen LogP contribution is 2.18. The molecule has 0 spiro atoms. The number of carbonyl (C=O) groups is 1. The summed E-state index contributed by atoms with van der Waals surface area (Å²) in [4.78, 5) is 12.2. The van der Waals surface area contributed by atoms with Gasteiger partial charge < -0.3 is 14.8 Å². The first-order chi connectivity index (χ1) is 12.1. The summed E-state index contributed by atoms with van der Waals surface area (Å²) < 4.78 is 6.96. The molecule has 130 valence electrons. The molecule has 2 N–H and O–H groups in total. The normalized spacial score (nSPS) is 12.1. The predicted molar refractivity (Wildman–Crippen MR) is 93.4 cm³/mol. The van der Waals surface area contributed by atoms with Gasteiger partial charge in [-0.3, -0.25) is 4.79 Å². The van der Waals surface area contributed by atoms with Crippen LogP contribution in [0.4, 0.5) is 0 Å². The van der Waals surface area contributed by atoms with Gasteiger partial charge in [0, 0.05) is 11.3 Å². The lowest BCUT2D eigenvalue weighted by molar-refractivity contribution is -0.121. The molecule has 1 aromatic carbocycles. The summed E-state index contributed by atoms with van der Waals surface area (Å²) in [5, 5.41) is 17.2. The minimum atomic E-state index is -0.854. The highest BCUT2D eigenvalue weighted by molar-refractivity contribution is 5.79. The van der Waals surface area contributed by atoms with E-state index in [1.165, 1.54) is 6.26 Å². The molecule has 6 heteroatoms. The van der Waals surface area contributed by atoms with Crippen molar-refractivity contribution in [1.82, 2.24) is 15.1 Å². The summed E-state index contributed by atoms with van der Waals surface area (Å²) in [5.74, 6) is 0.272. The van der Waals surface area contributed by atoms with E-state index in [4.69, 9.17) is 4.42 Å². The Hall–Kier alpha value is -2.86. The van der Waals surface area contributed by atoms with E-state index in [1.807, 2.05) is 48.9 Å². The molecule has 0 aliphatic rings. The number of hydrogen-bond acceptors (Lipinski definition) is 4. The largest absolute Gasteiger partial charge is 0.467 e. The molecule has 0 aliphatic carbocycles. The Kier molecular flexibility index (Phi) is 5.00. The number of amides is 1. The quantitative estimate of drug-likeness (QED) is 0.723. The second kappa shape index (κ2) is 7.36. The Labute approximate surface area is 146 Å². The number of para-hydroxylation sites is 1. The maximum atomic E-state index is 12.2. The van der Waals surface area contributed by atoms with Crippen molar-refractivity contribution >= 4 is 5.91 Å². The number of aliphatic hydroxyl groups is 1.